The van der Waals surface area contributed by atoms with Crippen molar-refractivity contribution in [2.45, 2.75) is 24.3 Å². The zero-order chi connectivity index (χ0) is 20.7. The van der Waals surface area contributed by atoms with Crippen molar-refractivity contribution in [3.05, 3.63) is 59.7 Å². The van der Waals surface area contributed by atoms with Gasteiger partial charge in [-0.3, -0.25) is 4.79 Å². The summed E-state index contributed by atoms with van der Waals surface area (Å²) in [6, 6.07) is 12.9. The van der Waals surface area contributed by atoms with Gasteiger partial charge in [0.05, 0.1) is 17.6 Å². The van der Waals surface area contributed by atoms with E-state index in [0.29, 0.717) is 13.0 Å². The summed E-state index contributed by atoms with van der Waals surface area (Å²) in [4.78, 5) is 24.3. The van der Waals surface area contributed by atoms with Crippen LogP contribution in [0.2, 0.25) is 0 Å². The Morgan fingerprint density at radius 3 is 2.18 bits per heavy atom. The molecule has 0 radical (unpaired) electrons. The predicted molar refractivity (Wildman–Crippen MR) is 104 cm³/mol. The average molecular weight is 405 g/mol. The second-order valence-corrected chi connectivity index (χ2v) is 8.25. The third-order valence-corrected chi connectivity index (χ3v) is 5.17. The molecule has 8 heteroatoms. The van der Waals surface area contributed by atoms with Crippen LogP contribution in [0.3, 0.4) is 0 Å². The number of nitrogens with one attached hydrogen (secondary N) is 1. The van der Waals surface area contributed by atoms with Gasteiger partial charge in [0.2, 0.25) is 0 Å². The first-order chi connectivity index (χ1) is 13.2. The molecule has 0 bridgehead atoms. The highest BCUT2D eigenvalue weighted by Crippen LogP contribution is 2.13. The van der Waals surface area contributed by atoms with Crippen molar-refractivity contribution >= 4 is 21.7 Å². The Balaban J connectivity index is 1.83. The summed E-state index contributed by atoms with van der Waals surface area (Å²) in [5.41, 5.74) is 1.21. The Hall–Kier alpha value is -2.87. The first-order valence-electron chi connectivity index (χ1n) is 8.62. The van der Waals surface area contributed by atoms with E-state index in [1.54, 1.807) is 7.11 Å². The standard InChI is InChI=1S/C20H23NO6S/c1-14(19(22)21-13-12-15-4-8-17(26-2)9-5-15)27-20(23)16-6-10-18(11-7-16)28(3,24)25/h4-11,14H,12-13H2,1-3H3,(H,21,22)/t14-/m1/s1. The Labute approximate surface area is 164 Å². The molecule has 0 aliphatic heterocycles. The Bertz CT molecular complexity index is 920. The van der Waals surface area contributed by atoms with Crippen molar-refractivity contribution in [1.82, 2.24) is 5.32 Å². The van der Waals surface area contributed by atoms with Gasteiger partial charge in [-0.25, -0.2) is 13.2 Å². The summed E-state index contributed by atoms with van der Waals surface area (Å²) >= 11 is 0. The van der Waals surface area contributed by atoms with Gasteiger partial charge in [0.15, 0.2) is 15.9 Å². The number of rotatable bonds is 8. The molecule has 1 N–H and O–H groups in total. The van der Waals surface area contributed by atoms with Gasteiger partial charge in [0, 0.05) is 12.8 Å². The van der Waals surface area contributed by atoms with E-state index in [1.807, 2.05) is 24.3 Å². The minimum Gasteiger partial charge on any atom is -0.497 e. The molecule has 0 fully saturated rings. The lowest BCUT2D eigenvalue weighted by Gasteiger charge is -2.14. The van der Waals surface area contributed by atoms with Gasteiger partial charge in [-0.15, -0.1) is 0 Å². The summed E-state index contributed by atoms with van der Waals surface area (Å²) in [6.45, 7) is 1.88. The van der Waals surface area contributed by atoms with Crippen molar-refractivity contribution < 1.29 is 27.5 Å². The average Bonchev–Trinajstić information content (AvgIpc) is 2.67. The molecule has 0 aromatic heterocycles. The van der Waals surface area contributed by atoms with Gasteiger partial charge in [0.1, 0.15) is 5.75 Å². The number of hydrogen-bond donors (Lipinski definition) is 1. The van der Waals surface area contributed by atoms with Gasteiger partial charge in [-0.05, 0) is 55.3 Å². The number of methoxy groups -OCH3 is 1. The minimum absolute atomic E-state index is 0.105. The van der Waals surface area contributed by atoms with E-state index in [0.717, 1.165) is 17.6 Å². The Morgan fingerprint density at radius 2 is 1.64 bits per heavy atom. The Morgan fingerprint density at radius 1 is 1.04 bits per heavy atom. The number of ether oxygens (including phenoxy) is 2. The third kappa shape index (κ3) is 6.09. The van der Waals surface area contributed by atoms with E-state index in [4.69, 9.17) is 9.47 Å². The van der Waals surface area contributed by atoms with E-state index in [1.165, 1.54) is 31.2 Å². The minimum atomic E-state index is -3.34. The summed E-state index contributed by atoms with van der Waals surface area (Å²) in [5, 5.41) is 2.72. The summed E-state index contributed by atoms with van der Waals surface area (Å²) < 4.78 is 33.1. The normalized spacial score (nSPS) is 12.1. The zero-order valence-corrected chi connectivity index (χ0v) is 16.8. The molecule has 0 saturated heterocycles. The lowest BCUT2D eigenvalue weighted by molar-refractivity contribution is -0.129. The first-order valence-corrected chi connectivity index (χ1v) is 10.5. The van der Waals surface area contributed by atoms with Crippen LogP contribution in [-0.2, 0) is 25.8 Å². The maximum Gasteiger partial charge on any atom is 0.338 e. The van der Waals surface area contributed by atoms with Gasteiger partial charge in [-0.1, -0.05) is 12.1 Å². The third-order valence-electron chi connectivity index (χ3n) is 4.04. The van der Waals surface area contributed by atoms with Gasteiger partial charge in [-0.2, -0.15) is 0 Å². The van der Waals surface area contributed by atoms with Crippen LogP contribution in [0, 0.1) is 0 Å². The van der Waals surface area contributed by atoms with Crippen LogP contribution in [0.5, 0.6) is 5.75 Å². The highest BCUT2D eigenvalue weighted by molar-refractivity contribution is 7.90. The molecule has 0 saturated carbocycles. The maximum atomic E-state index is 12.1. The van der Waals surface area contributed by atoms with Crippen LogP contribution in [0.15, 0.2) is 53.4 Å². The summed E-state index contributed by atoms with van der Waals surface area (Å²) in [5.74, 6) is -0.342. The summed E-state index contributed by atoms with van der Waals surface area (Å²) in [7, 11) is -1.75. The fourth-order valence-electron chi connectivity index (χ4n) is 2.39. The number of carbonyl (C=O) groups is 2. The van der Waals surface area contributed by atoms with E-state index >= 15 is 0 Å². The van der Waals surface area contributed by atoms with Crippen LogP contribution < -0.4 is 10.1 Å². The largest absolute Gasteiger partial charge is 0.497 e. The molecule has 28 heavy (non-hydrogen) atoms. The first kappa shape index (κ1) is 21.4. The Kier molecular flexibility index (Phi) is 7.17. The lowest BCUT2D eigenvalue weighted by Crippen LogP contribution is -2.36. The fraction of sp³-hybridized carbons (Fsp3) is 0.300. The molecule has 0 spiro atoms. The monoisotopic (exact) mass is 405 g/mol. The van der Waals surface area contributed by atoms with E-state index in [2.05, 4.69) is 5.32 Å². The molecule has 0 aliphatic rings. The van der Waals surface area contributed by atoms with Crippen molar-refractivity contribution in [3.8, 4) is 5.75 Å². The molecular formula is C20H23NO6S. The van der Waals surface area contributed by atoms with E-state index in [9.17, 15) is 18.0 Å². The molecule has 150 valence electrons. The van der Waals surface area contributed by atoms with E-state index in [-0.39, 0.29) is 10.5 Å². The number of benzene rings is 2. The number of carbonyl (C=O) groups excluding carboxylic acids is 2. The smallest absolute Gasteiger partial charge is 0.338 e. The molecule has 2 aromatic rings. The van der Waals surface area contributed by atoms with Crippen LogP contribution in [-0.4, -0.2) is 46.3 Å². The lowest BCUT2D eigenvalue weighted by atomic mass is 10.1. The quantitative estimate of drug-likeness (QED) is 0.675. The molecule has 7 nitrogen and oxygen atoms in total. The molecule has 0 heterocycles. The van der Waals surface area contributed by atoms with Gasteiger partial charge >= 0.3 is 5.97 Å². The molecule has 0 aliphatic carbocycles. The molecule has 1 atom stereocenters. The molecule has 2 rings (SSSR count). The second kappa shape index (κ2) is 9.36. The molecule has 1 amide bonds. The highest BCUT2D eigenvalue weighted by atomic mass is 32.2. The van der Waals surface area contributed by atoms with Crippen LogP contribution >= 0.6 is 0 Å². The van der Waals surface area contributed by atoms with Crippen molar-refractivity contribution in [2.75, 3.05) is 19.9 Å². The van der Waals surface area contributed by atoms with E-state index < -0.39 is 27.8 Å². The maximum absolute atomic E-state index is 12.1. The van der Waals surface area contributed by atoms with Crippen molar-refractivity contribution in [1.29, 1.82) is 0 Å². The van der Waals surface area contributed by atoms with Crippen LogP contribution in [0.4, 0.5) is 0 Å². The molecule has 0 unspecified atom stereocenters. The highest BCUT2D eigenvalue weighted by Gasteiger charge is 2.19. The van der Waals surface area contributed by atoms with Crippen molar-refractivity contribution in [2.24, 2.45) is 0 Å². The van der Waals surface area contributed by atoms with Gasteiger partial charge < -0.3 is 14.8 Å². The predicted octanol–water partition coefficient (Wildman–Crippen LogP) is 2.00. The number of sulfone groups is 1. The van der Waals surface area contributed by atoms with Crippen LogP contribution in [0.25, 0.3) is 0 Å². The number of hydrogen-bond acceptors (Lipinski definition) is 6. The van der Waals surface area contributed by atoms with Gasteiger partial charge in [0.25, 0.3) is 5.91 Å². The second-order valence-electron chi connectivity index (χ2n) is 6.23. The fourth-order valence-corrected chi connectivity index (χ4v) is 3.02. The molecular weight excluding hydrogens is 382 g/mol. The van der Waals surface area contributed by atoms with Crippen LogP contribution in [0.1, 0.15) is 22.8 Å². The molecule has 2 aromatic carbocycles. The zero-order valence-electron chi connectivity index (χ0n) is 16.0. The number of esters is 1. The SMILES string of the molecule is COc1ccc(CCNC(=O)[C@@H](C)OC(=O)c2ccc(S(C)(=O)=O)cc2)cc1. The topological polar surface area (TPSA) is 98.8 Å². The van der Waals surface area contributed by atoms with Crippen molar-refractivity contribution in [3.63, 3.8) is 0 Å². The summed E-state index contributed by atoms with van der Waals surface area (Å²) in [6.07, 6.45) is 0.736. The number of amides is 1.